The Morgan fingerprint density at radius 1 is 1.73 bits per heavy atom. The van der Waals surface area contributed by atoms with Gasteiger partial charge in [-0.3, -0.25) is 0 Å². The van der Waals surface area contributed by atoms with Crippen molar-refractivity contribution < 1.29 is 19.1 Å². The molecule has 0 aromatic rings. The zero-order valence-corrected chi connectivity index (χ0v) is 9.15. The maximum atomic E-state index is 11.3. The van der Waals surface area contributed by atoms with E-state index < -0.39 is 12.2 Å². The van der Waals surface area contributed by atoms with Gasteiger partial charge in [0.25, 0.3) is 0 Å². The summed E-state index contributed by atoms with van der Waals surface area (Å²) in [5.74, 6) is 0.207. The number of hydrazine groups is 1. The molecule has 0 bridgehead atoms. The number of rotatable bonds is 3. The Balaban J connectivity index is 2.56. The second-order valence-corrected chi connectivity index (χ2v) is 3.59. The fourth-order valence-electron chi connectivity index (χ4n) is 1.32. The molecule has 1 aliphatic rings. The van der Waals surface area contributed by atoms with Crippen LogP contribution in [0.3, 0.4) is 0 Å². The molecule has 1 fully saturated rings. The van der Waals surface area contributed by atoms with Crippen molar-refractivity contribution >= 4 is 12.2 Å². The first-order valence-electron chi connectivity index (χ1n) is 4.95. The maximum Gasteiger partial charge on any atom is 0.429 e. The zero-order valence-electron chi connectivity index (χ0n) is 9.15. The number of cyclic esters (lactones) is 1. The third-order valence-electron chi connectivity index (χ3n) is 2.16. The van der Waals surface area contributed by atoms with Crippen molar-refractivity contribution in [2.75, 3.05) is 13.2 Å². The van der Waals surface area contributed by atoms with E-state index >= 15 is 0 Å². The van der Waals surface area contributed by atoms with Crippen molar-refractivity contribution in [1.29, 1.82) is 0 Å². The van der Waals surface area contributed by atoms with Crippen LogP contribution in [0.2, 0.25) is 0 Å². The van der Waals surface area contributed by atoms with Crippen LogP contribution in [0.4, 0.5) is 9.59 Å². The minimum absolute atomic E-state index is 0.137. The average Bonchev–Trinajstić information content (AvgIpc) is 2.48. The van der Waals surface area contributed by atoms with Gasteiger partial charge in [0.05, 0.1) is 12.6 Å². The van der Waals surface area contributed by atoms with Crippen molar-refractivity contribution in [3.8, 4) is 0 Å². The van der Waals surface area contributed by atoms with Crippen LogP contribution in [0.15, 0.2) is 0 Å². The van der Waals surface area contributed by atoms with Gasteiger partial charge in [-0.25, -0.2) is 20.0 Å². The molecule has 6 heteroatoms. The van der Waals surface area contributed by atoms with Crippen LogP contribution < -0.4 is 5.43 Å². The van der Waals surface area contributed by atoms with Crippen LogP contribution in [0, 0.1) is 5.92 Å². The first-order chi connectivity index (χ1) is 7.06. The third kappa shape index (κ3) is 2.74. The second kappa shape index (κ2) is 4.86. The minimum atomic E-state index is -0.637. The van der Waals surface area contributed by atoms with Crippen molar-refractivity contribution in [3.05, 3.63) is 0 Å². The van der Waals surface area contributed by atoms with Gasteiger partial charge in [-0.15, -0.1) is 0 Å². The predicted molar refractivity (Wildman–Crippen MR) is 52.0 cm³/mol. The highest BCUT2D eigenvalue weighted by Crippen LogP contribution is 2.16. The number of carbonyl (C=O) groups excluding carboxylic acids is 2. The predicted octanol–water partition coefficient (Wildman–Crippen LogP) is 1.12. The van der Waals surface area contributed by atoms with E-state index in [9.17, 15) is 9.59 Å². The van der Waals surface area contributed by atoms with Crippen molar-refractivity contribution in [3.63, 3.8) is 0 Å². The molecule has 0 unspecified atom stereocenters. The Labute approximate surface area is 88.5 Å². The number of ether oxygens (including phenoxy) is 2. The fraction of sp³-hybridized carbons (Fsp3) is 0.778. The van der Waals surface area contributed by atoms with Gasteiger partial charge in [-0.05, 0) is 12.8 Å². The smallest absolute Gasteiger partial charge is 0.429 e. The van der Waals surface area contributed by atoms with Crippen LogP contribution in [0.1, 0.15) is 20.8 Å². The Morgan fingerprint density at radius 3 is 2.93 bits per heavy atom. The molecule has 0 aromatic heterocycles. The second-order valence-electron chi connectivity index (χ2n) is 3.59. The molecule has 0 radical (unpaired) electrons. The molecule has 1 atom stereocenters. The zero-order chi connectivity index (χ0) is 11.4. The van der Waals surface area contributed by atoms with E-state index in [0.29, 0.717) is 6.61 Å². The summed E-state index contributed by atoms with van der Waals surface area (Å²) in [6, 6.07) is -0.137. The molecule has 1 N–H and O–H groups in total. The highest BCUT2D eigenvalue weighted by Gasteiger charge is 2.36. The largest absolute Gasteiger partial charge is 0.449 e. The van der Waals surface area contributed by atoms with Gasteiger partial charge in [-0.2, -0.15) is 0 Å². The van der Waals surface area contributed by atoms with Crippen LogP contribution in [0.5, 0.6) is 0 Å². The maximum absolute atomic E-state index is 11.3. The summed E-state index contributed by atoms with van der Waals surface area (Å²) in [6.07, 6.45) is -1.18. The van der Waals surface area contributed by atoms with Gasteiger partial charge in [0.15, 0.2) is 0 Å². The van der Waals surface area contributed by atoms with E-state index in [2.05, 4.69) is 10.2 Å². The van der Waals surface area contributed by atoms with E-state index in [1.807, 2.05) is 13.8 Å². The Morgan fingerprint density at radius 2 is 2.40 bits per heavy atom. The molecule has 0 saturated carbocycles. The van der Waals surface area contributed by atoms with Crippen LogP contribution in [0.25, 0.3) is 0 Å². The standard InChI is InChI=1S/C9H16N2O4/c1-4-14-8(12)10-11-7(6(2)3)5-15-9(11)13/h6-7H,4-5H2,1-3H3,(H,10,12)/t7-/m1/s1. The molecule has 0 aliphatic carbocycles. The number of amides is 2. The average molecular weight is 216 g/mol. The normalized spacial score (nSPS) is 20.4. The fourth-order valence-corrected chi connectivity index (χ4v) is 1.32. The molecule has 0 spiro atoms. The third-order valence-corrected chi connectivity index (χ3v) is 2.16. The number of carbonyl (C=O) groups is 2. The summed E-state index contributed by atoms with van der Waals surface area (Å²) >= 11 is 0. The highest BCUT2D eigenvalue weighted by atomic mass is 16.6. The Hall–Kier alpha value is -1.46. The van der Waals surface area contributed by atoms with Gasteiger partial charge >= 0.3 is 12.2 Å². The van der Waals surface area contributed by atoms with Gasteiger partial charge in [0.2, 0.25) is 0 Å². The number of hydrogen-bond donors (Lipinski definition) is 1. The molecule has 86 valence electrons. The summed E-state index contributed by atoms with van der Waals surface area (Å²) < 4.78 is 9.52. The summed E-state index contributed by atoms with van der Waals surface area (Å²) in [4.78, 5) is 22.4. The van der Waals surface area contributed by atoms with Gasteiger partial charge in [-0.1, -0.05) is 13.8 Å². The minimum Gasteiger partial charge on any atom is -0.449 e. The lowest BCUT2D eigenvalue weighted by Gasteiger charge is -2.23. The molecular formula is C9H16N2O4. The van der Waals surface area contributed by atoms with Crippen molar-refractivity contribution in [1.82, 2.24) is 10.4 Å². The van der Waals surface area contributed by atoms with Gasteiger partial charge in [0.1, 0.15) is 6.61 Å². The molecule has 1 aliphatic heterocycles. The molecule has 2 amide bonds. The number of nitrogens with zero attached hydrogens (tertiary/aromatic N) is 1. The molecule has 1 rings (SSSR count). The highest BCUT2D eigenvalue weighted by molar-refractivity contribution is 5.75. The molecule has 15 heavy (non-hydrogen) atoms. The topological polar surface area (TPSA) is 67.9 Å². The van der Waals surface area contributed by atoms with Crippen molar-refractivity contribution in [2.45, 2.75) is 26.8 Å². The lowest BCUT2D eigenvalue weighted by atomic mass is 10.1. The number of hydrogen-bond acceptors (Lipinski definition) is 4. The quantitative estimate of drug-likeness (QED) is 0.767. The summed E-state index contributed by atoms with van der Waals surface area (Å²) in [5, 5.41) is 1.18. The van der Waals surface area contributed by atoms with Gasteiger partial charge < -0.3 is 9.47 Å². The van der Waals surface area contributed by atoms with Crippen LogP contribution in [-0.4, -0.2) is 36.5 Å². The first kappa shape index (κ1) is 11.6. The molecule has 1 heterocycles. The Kier molecular flexibility index (Phi) is 3.76. The lowest BCUT2D eigenvalue weighted by molar-refractivity contribution is 0.101. The SMILES string of the molecule is CCOC(=O)NN1C(=O)OC[C@@H]1C(C)C. The van der Waals surface area contributed by atoms with E-state index in [1.54, 1.807) is 6.92 Å². The van der Waals surface area contributed by atoms with E-state index in [0.717, 1.165) is 0 Å². The van der Waals surface area contributed by atoms with Crippen molar-refractivity contribution in [2.24, 2.45) is 5.92 Å². The van der Waals surface area contributed by atoms with E-state index in [-0.39, 0.29) is 18.6 Å². The molecule has 0 aromatic carbocycles. The van der Waals surface area contributed by atoms with Crippen LogP contribution >= 0.6 is 0 Å². The van der Waals surface area contributed by atoms with E-state index in [1.165, 1.54) is 5.01 Å². The summed E-state index contributed by atoms with van der Waals surface area (Å²) in [6.45, 7) is 6.16. The van der Waals surface area contributed by atoms with Crippen LogP contribution in [-0.2, 0) is 9.47 Å². The monoisotopic (exact) mass is 216 g/mol. The Bertz CT molecular complexity index is 254. The molecule has 6 nitrogen and oxygen atoms in total. The van der Waals surface area contributed by atoms with Gasteiger partial charge in [0, 0.05) is 0 Å². The lowest BCUT2D eigenvalue weighted by Crippen LogP contribution is -2.49. The molecule has 1 saturated heterocycles. The first-order valence-corrected chi connectivity index (χ1v) is 4.95. The van der Waals surface area contributed by atoms with E-state index in [4.69, 9.17) is 4.74 Å². The number of nitrogens with one attached hydrogen (secondary N) is 1. The summed E-state index contributed by atoms with van der Waals surface area (Å²) in [7, 11) is 0. The molecular weight excluding hydrogens is 200 g/mol. The summed E-state index contributed by atoms with van der Waals surface area (Å²) in [5.41, 5.74) is 2.36.